The number of alkyl halides is 3. The van der Waals surface area contributed by atoms with E-state index in [-0.39, 0.29) is 23.3 Å². The predicted molar refractivity (Wildman–Crippen MR) is 122 cm³/mol. The van der Waals surface area contributed by atoms with Gasteiger partial charge in [-0.2, -0.15) is 13.2 Å². The fourth-order valence-corrected chi connectivity index (χ4v) is 4.90. The molecule has 0 radical (unpaired) electrons. The number of likely N-dealkylation sites (N-methyl/N-ethyl adjacent to an activating group) is 1. The molecule has 4 rings (SSSR count). The fourth-order valence-electron chi connectivity index (χ4n) is 4.90. The van der Waals surface area contributed by atoms with Crippen LogP contribution in [-0.4, -0.2) is 52.1 Å². The minimum Gasteiger partial charge on any atom is -0.478 e. The zero-order valence-electron chi connectivity index (χ0n) is 19.3. The number of allylic oxidation sites excluding steroid dienone is 1. The van der Waals surface area contributed by atoms with Gasteiger partial charge in [-0.05, 0) is 42.2 Å². The van der Waals surface area contributed by atoms with E-state index in [0.29, 0.717) is 24.5 Å². The molecule has 2 aromatic carbocycles. The Hall–Kier alpha value is -3.59. The Morgan fingerprint density at radius 3 is 2.14 bits per heavy atom. The monoisotopic (exact) mass is 486 g/mol. The molecule has 9 heteroatoms. The number of hydrogen-bond donors (Lipinski definition) is 2. The van der Waals surface area contributed by atoms with E-state index in [9.17, 15) is 33.0 Å². The Bertz CT molecular complexity index is 1230. The molecule has 2 aliphatic heterocycles. The number of carbonyl (C=O) groups is 2. The standard InChI is InChI=1S/C26H25F3N2O4/c1-15-21(24(32)33)22(17-7-9-19(10-8-17)26(27,28)29)23(25(34)35)20(30(15)2)14-31-12-11-16-5-3-4-6-18(16)13-31/h3-10,22H,11-14H2,1-2H3,(H,32,33)(H,34,35). The molecule has 2 N–H and O–H groups in total. The summed E-state index contributed by atoms with van der Waals surface area (Å²) in [5.74, 6) is -3.83. The number of aliphatic carboxylic acids is 2. The Morgan fingerprint density at radius 2 is 1.57 bits per heavy atom. The lowest BCUT2D eigenvalue weighted by Crippen LogP contribution is -2.40. The van der Waals surface area contributed by atoms with Crippen LogP contribution in [0.1, 0.15) is 35.1 Å². The van der Waals surface area contributed by atoms with Gasteiger partial charge in [0.2, 0.25) is 0 Å². The molecular weight excluding hydrogens is 461 g/mol. The minimum atomic E-state index is -4.56. The summed E-state index contributed by atoms with van der Waals surface area (Å²) in [6.45, 7) is 3.15. The van der Waals surface area contributed by atoms with Gasteiger partial charge < -0.3 is 15.1 Å². The number of carboxylic acids is 2. The first-order valence-electron chi connectivity index (χ1n) is 11.1. The summed E-state index contributed by atoms with van der Waals surface area (Å²) in [4.78, 5) is 28.4. The zero-order valence-corrected chi connectivity index (χ0v) is 19.3. The minimum absolute atomic E-state index is 0.144. The van der Waals surface area contributed by atoms with E-state index in [1.54, 1.807) is 18.9 Å². The molecule has 184 valence electrons. The van der Waals surface area contributed by atoms with E-state index in [1.807, 2.05) is 18.2 Å². The highest BCUT2D eigenvalue weighted by molar-refractivity contribution is 5.98. The second kappa shape index (κ2) is 9.22. The Balaban J connectivity index is 1.79. The third-order valence-corrected chi connectivity index (χ3v) is 6.80. The molecular formula is C26H25F3N2O4. The van der Waals surface area contributed by atoms with Gasteiger partial charge in [0.25, 0.3) is 0 Å². The van der Waals surface area contributed by atoms with Crippen molar-refractivity contribution in [3.63, 3.8) is 0 Å². The van der Waals surface area contributed by atoms with Gasteiger partial charge in [0.15, 0.2) is 0 Å². The largest absolute Gasteiger partial charge is 0.478 e. The third-order valence-electron chi connectivity index (χ3n) is 6.80. The second-order valence-electron chi connectivity index (χ2n) is 8.81. The van der Waals surface area contributed by atoms with Gasteiger partial charge in [-0.25, -0.2) is 9.59 Å². The lowest BCUT2D eigenvalue weighted by molar-refractivity contribution is -0.138. The maximum Gasteiger partial charge on any atom is 0.416 e. The molecule has 0 aromatic heterocycles. The normalized spacial score (nSPS) is 19.1. The first kappa shape index (κ1) is 24.5. The van der Waals surface area contributed by atoms with Gasteiger partial charge in [0.1, 0.15) is 0 Å². The highest BCUT2D eigenvalue weighted by Gasteiger charge is 2.40. The predicted octanol–water partition coefficient (Wildman–Crippen LogP) is 4.49. The topological polar surface area (TPSA) is 81.1 Å². The van der Waals surface area contributed by atoms with E-state index in [4.69, 9.17) is 0 Å². The van der Waals surface area contributed by atoms with E-state index >= 15 is 0 Å². The number of benzene rings is 2. The summed E-state index contributed by atoms with van der Waals surface area (Å²) in [7, 11) is 1.62. The maximum absolute atomic E-state index is 13.1. The Labute approximate surface area is 200 Å². The highest BCUT2D eigenvalue weighted by Crippen LogP contribution is 2.42. The number of fused-ring (bicyclic) bond motifs is 1. The summed E-state index contributed by atoms with van der Waals surface area (Å²) in [5.41, 5.74) is 2.13. The van der Waals surface area contributed by atoms with Crippen molar-refractivity contribution in [2.75, 3.05) is 20.1 Å². The molecule has 0 spiro atoms. The number of rotatable bonds is 5. The molecule has 0 fully saturated rings. The molecule has 0 bridgehead atoms. The van der Waals surface area contributed by atoms with Gasteiger partial charge in [0.05, 0.1) is 22.6 Å². The summed E-state index contributed by atoms with van der Waals surface area (Å²) < 4.78 is 39.3. The van der Waals surface area contributed by atoms with Crippen molar-refractivity contribution in [3.8, 4) is 0 Å². The highest BCUT2D eigenvalue weighted by atomic mass is 19.4. The van der Waals surface area contributed by atoms with Gasteiger partial charge in [-0.3, -0.25) is 4.90 Å². The average Bonchev–Trinajstić information content (AvgIpc) is 2.80. The van der Waals surface area contributed by atoms with Crippen molar-refractivity contribution >= 4 is 11.9 Å². The number of halogens is 3. The molecule has 1 atom stereocenters. The second-order valence-corrected chi connectivity index (χ2v) is 8.81. The Morgan fingerprint density at radius 1 is 0.971 bits per heavy atom. The summed E-state index contributed by atoms with van der Waals surface area (Å²) in [6.07, 6.45) is -3.76. The van der Waals surface area contributed by atoms with Crippen LogP contribution in [0.4, 0.5) is 13.2 Å². The Kier molecular flexibility index (Phi) is 6.46. The summed E-state index contributed by atoms with van der Waals surface area (Å²) in [6, 6.07) is 12.0. The van der Waals surface area contributed by atoms with Crippen LogP contribution in [-0.2, 0) is 28.7 Å². The van der Waals surface area contributed by atoms with E-state index < -0.39 is 29.6 Å². The van der Waals surface area contributed by atoms with Crippen LogP contribution in [0.15, 0.2) is 71.1 Å². The average molecular weight is 486 g/mol. The van der Waals surface area contributed by atoms with Gasteiger partial charge in [0, 0.05) is 38.1 Å². The number of carboxylic acid groups (broad SMARTS) is 2. The maximum atomic E-state index is 13.1. The van der Waals surface area contributed by atoms with Crippen molar-refractivity contribution in [1.82, 2.24) is 9.80 Å². The van der Waals surface area contributed by atoms with Crippen LogP contribution >= 0.6 is 0 Å². The summed E-state index contributed by atoms with van der Waals surface area (Å²) in [5, 5.41) is 20.2. The van der Waals surface area contributed by atoms with E-state index in [2.05, 4.69) is 11.0 Å². The van der Waals surface area contributed by atoms with Crippen LogP contribution in [0.2, 0.25) is 0 Å². The quantitative estimate of drug-likeness (QED) is 0.648. The van der Waals surface area contributed by atoms with Crippen LogP contribution < -0.4 is 0 Å². The molecule has 2 heterocycles. The number of nitrogens with zero attached hydrogens (tertiary/aromatic N) is 2. The molecule has 6 nitrogen and oxygen atoms in total. The third kappa shape index (κ3) is 4.68. The van der Waals surface area contributed by atoms with Crippen molar-refractivity contribution in [2.45, 2.75) is 32.0 Å². The van der Waals surface area contributed by atoms with Gasteiger partial charge in [-0.15, -0.1) is 0 Å². The molecule has 2 aromatic rings. The van der Waals surface area contributed by atoms with Crippen LogP contribution in [0.25, 0.3) is 0 Å². The van der Waals surface area contributed by atoms with Gasteiger partial charge >= 0.3 is 18.1 Å². The van der Waals surface area contributed by atoms with E-state index in [1.165, 1.54) is 5.56 Å². The van der Waals surface area contributed by atoms with Crippen molar-refractivity contribution in [3.05, 3.63) is 93.3 Å². The van der Waals surface area contributed by atoms with Crippen molar-refractivity contribution in [1.29, 1.82) is 0 Å². The molecule has 0 aliphatic carbocycles. The zero-order chi connectivity index (χ0) is 25.5. The fraction of sp³-hybridized carbons (Fsp3) is 0.308. The molecule has 1 unspecified atom stereocenters. The number of hydrogen-bond acceptors (Lipinski definition) is 4. The molecule has 35 heavy (non-hydrogen) atoms. The lowest BCUT2D eigenvalue weighted by atomic mass is 9.79. The van der Waals surface area contributed by atoms with Crippen molar-refractivity contribution < 1.29 is 33.0 Å². The van der Waals surface area contributed by atoms with Gasteiger partial charge in [-0.1, -0.05) is 36.4 Å². The molecule has 2 aliphatic rings. The summed E-state index contributed by atoms with van der Waals surface area (Å²) >= 11 is 0. The lowest BCUT2D eigenvalue weighted by Gasteiger charge is -2.39. The van der Waals surface area contributed by atoms with Crippen LogP contribution in [0.3, 0.4) is 0 Å². The van der Waals surface area contributed by atoms with Crippen molar-refractivity contribution in [2.24, 2.45) is 0 Å². The SMILES string of the molecule is CC1=C(C(=O)O)C(c2ccc(C(F)(F)F)cc2)C(C(=O)O)=C(CN2CCc3ccccc3C2)N1C. The first-order chi connectivity index (χ1) is 16.5. The molecule has 0 amide bonds. The molecule has 0 saturated heterocycles. The van der Waals surface area contributed by atoms with Crippen LogP contribution in [0, 0.1) is 0 Å². The first-order valence-corrected chi connectivity index (χ1v) is 11.1. The molecule has 0 saturated carbocycles. The van der Waals surface area contributed by atoms with E-state index in [0.717, 1.165) is 36.2 Å². The van der Waals surface area contributed by atoms with Crippen LogP contribution in [0.5, 0.6) is 0 Å². The smallest absolute Gasteiger partial charge is 0.416 e.